The number of halogens is 1. The van der Waals surface area contributed by atoms with Gasteiger partial charge in [-0.25, -0.2) is 4.98 Å². The van der Waals surface area contributed by atoms with Gasteiger partial charge in [-0.15, -0.1) is 0 Å². The smallest absolute Gasteiger partial charge is 0.153 e. The first kappa shape index (κ1) is 9.66. The van der Waals surface area contributed by atoms with E-state index in [1.807, 2.05) is 6.07 Å². The van der Waals surface area contributed by atoms with Gasteiger partial charge >= 0.3 is 0 Å². The van der Waals surface area contributed by atoms with Gasteiger partial charge in [-0.3, -0.25) is 4.79 Å². The fourth-order valence-electron chi connectivity index (χ4n) is 1.90. The third kappa shape index (κ3) is 1.67. The monoisotopic (exact) mass is 209 g/mol. The van der Waals surface area contributed by atoms with E-state index in [4.69, 9.17) is 11.6 Å². The molecule has 0 fully saturated rings. The van der Waals surface area contributed by atoms with Gasteiger partial charge in [0, 0.05) is 5.69 Å². The van der Waals surface area contributed by atoms with Crippen LogP contribution in [0.1, 0.15) is 35.0 Å². The van der Waals surface area contributed by atoms with Crippen LogP contribution in [0.5, 0.6) is 0 Å². The quantitative estimate of drug-likeness (QED) is 0.526. The average molecular weight is 210 g/mol. The lowest BCUT2D eigenvalue weighted by molar-refractivity contribution is 0.112. The molecule has 0 N–H and O–H groups in total. The van der Waals surface area contributed by atoms with Crippen molar-refractivity contribution in [3.05, 3.63) is 28.0 Å². The van der Waals surface area contributed by atoms with Gasteiger partial charge in [0.1, 0.15) is 5.15 Å². The van der Waals surface area contributed by atoms with E-state index in [0.717, 1.165) is 24.8 Å². The molecule has 1 unspecified atom stereocenters. The van der Waals surface area contributed by atoms with Crippen molar-refractivity contribution < 1.29 is 4.79 Å². The molecule has 0 radical (unpaired) electrons. The van der Waals surface area contributed by atoms with Crippen molar-refractivity contribution in [2.45, 2.75) is 26.2 Å². The van der Waals surface area contributed by atoms with Gasteiger partial charge in [0.2, 0.25) is 0 Å². The van der Waals surface area contributed by atoms with E-state index in [1.54, 1.807) is 0 Å². The van der Waals surface area contributed by atoms with Gasteiger partial charge < -0.3 is 0 Å². The lowest BCUT2D eigenvalue weighted by Crippen LogP contribution is -2.13. The molecule has 14 heavy (non-hydrogen) atoms. The first-order valence-electron chi connectivity index (χ1n) is 4.84. The zero-order chi connectivity index (χ0) is 10.1. The number of rotatable bonds is 1. The Kier molecular flexibility index (Phi) is 2.55. The van der Waals surface area contributed by atoms with E-state index in [0.29, 0.717) is 16.6 Å². The van der Waals surface area contributed by atoms with Crippen LogP contribution in [-0.4, -0.2) is 11.3 Å². The third-order valence-electron chi connectivity index (χ3n) is 2.75. The lowest BCUT2D eigenvalue weighted by atomic mass is 9.88. The van der Waals surface area contributed by atoms with Crippen molar-refractivity contribution in [3.63, 3.8) is 0 Å². The van der Waals surface area contributed by atoms with Crippen LogP contribution in [0.15, 0.2) is 6.07 Å². The van der Waals surface area contributed by atoms with E-state index in [2.05, 4.69) is 11.9 Å². The predicted octanol–water partition coefficient (Wildman–Crippen LogP) is 2.67. The van der Waals surface area contributed by atoms with Crippen molar-refractivity contribution in [2.75, 3.05) is 0 Å². The minimum atomic E-state index is 0.341. The molecule has 1 aliphatic carbocycles. The maximum absolute atomic E-state index is 10.7. The summed E-state index contributed by atoms with van der Waals surface area (Å²) in [7, 11) is 0. The van der Waals surface area contributed by atoms with Gasteiger partial charge in [-0.1, -0.05) is 18.5 Å². The van der Waals surface area contributed by atoms with Crippen LogP contribution in [0.25, 0.3) is 0 Å². The third-order valence-corrected chi connectivity index (χ3v) is 3.05. The highest BCUT2D eigenvalue weighted by atomic mass is 35.5. The van der Waals surface area contributed by atoms with E-state index in [1.165, 1.54) is 12.0 Å². The summed E-state index contributed by atoms with van der Waals surface area (Å²) in [6.45, 7) is 2.21. The molecule has 1 aromatic heterocycles. The molecule has 1 atom stereocenters. The molecule has 3 heteroatoms. The summed E-state index contributed by atoms with van der Waals surface area (Å²) in [4.78, 5) is 14.9. The summed E-state index contributed by atoms with van der Waals surface area (Å²) in [6.07, 6.45) is 3.94. The van der Waals surface area contributed by atoms with Gasteiger partial charge in [-0.2, -0.15) is 0 Å². The fourth-order valence-corrected chi connectivity index (χ4v) is 2.10. The Morgan fingerprint density at radius 3 is 3.14 bits per heavy atom. The van der Waals surface area contributed by atoms with Gasteiger partial charge in [0.25, 0.3) is 0 Å². The van der Waals surface area contributed by atoms with Crippen molar-refractivity contribution in [3.8, 4) is 0 Å². The highest BCUT2D eigenvalue weighted by Crippen LogP contribution is 2.26. The number of pyridine rings is 1. The second kappa shape index (κ2) is 3.70. The molecular formula is C11H12ClNO. The van der Waals surface area contributed by atoms with E-state index in [9.17, 15) is 4.79 Å². The molecule has 2 rings (SSSR count). The number of nitrogens with zero attached hydrogens (tertiary/aromatic N) is 1. The molecule has 2 nitrogen and oxygen atoms in total. The van der Waals surface area contributed by atoms with E-state index in [-0.39, 0.29) is 0 Å². The Labute approximate surface area is 88.3 Å². The first-order valence-corrected chi connectivity index (χ1v) is 5.22. The SMILES string of the molecule is CC1CCc2cc(C=O)c(Cl)nc2C1. The van der Waals surface area contributed by atoms with Crippen LogP contribution in [0.2, 0.25) is 5.15 Å². The Hall–Kier alpha value is -0.890. The van der Waals surface area contributed by atoms with Crippen molar-refractivity contribution in [1.29, 1.82) is 0 Å². The highest BCUT2D eigenvalue weighted by Gasteiger charge is 2.18. The summed E-state index contributed by atoms with van der Waals surface area (Å²) in [5, 5.41) is 0.341. The maximum atomic E-state index is 10.7. The van der Waals surface area contributed by atoms with Crippen molar-refractivity contribution >= 4 is 17.9 Å². The van der Waals surface area contributed by atoms with Crippen molar-refractivity contribution in [1.82, 2.24) is 4.98 Å². The normalized spacial score (nSPS) is 20.3. The zero-order valence-electron chi connectivity index (χ0n) is 8.09. The predicted molar refractivity (Wildman–Crippen MR) is 55.8 cm³/mol. The second-order valence-electron chi connectivity index (χ2n) is 3.94. The maximum Gasteiger partial charge on any atom is 0.153 e. The minimum absolute atomic E-state index is 0.341. The number of aldehydes is 1. The van der Waals surface area contributed by atoms with Gasteiger partial charge in [0.15, 0.2) is 6.29 Å². The van der Waals surface area contributed by atoms with Crippen LogP contribution < -0.4 is 0 Å². The molecular weight excluding hydrogens is 198 g/mol. The lowest BCUT2D eigenvalue weighted by Gasteiger charge is -2.20. The van der Waals surface area contributed by atoms with Crippen molar-refractivity contribution in [2.24, 2.45) is 5.92 Å². The molecule has 0 spiro atoms. The Bertz CT molecular complexity index is 376. The largest absolute Gasteiger partial charge is 0.298 e. The minimum Gasteiger partial charge on any atom is -0.298 e. The molecule has 0 bridgehead atoms. The summed E-state index contributed by atoms with van der Waals surface area (Å²) < 4.78 is 0. The van der Waals surface area contributed by atoms with Gasteiger partial charge in [-0.05, 0) is 36.8 Å². The standard InChI is InChI=1S/C11H12ClNO/c1-7-2-3-8-5-9(6-14)11(12)13-10(8)4-7/h5-7H,2-4H2,1H3. The summed E-state index contributed by atoms with van der Waals surface area (Å²) in [6, 6.07) is 1.88. The van der Waals surface area contributed by atoms with Crippen LogP contribution >= 0.6 is 11.6 Å². The molecule has 1 aromatic rings. The highest BCUT2D eigenvalue weighted by molar-refractivity contribution is 6.31. The van der Waals surface area contributed by atoms with Gasteiger partial charge in [0.05, 0.1) is 5.56 Å². The molecule has 1 aliphatic rings. The number of aromatic nitrogens is 1. The van der Waals surface area contributed by atoms with E-state index >= 15 is 0 Å². The molecule has 1 heterocycles. The summed E-state index contributed by atoms with van der Waals surface area (Å²) in [5.74, 6) is 0.674. The Morgan fingerprint density at radius 1 is 1.64 bits per heavy atom. The number of hydrogen-bond donors (Lipinski definition) is 0. The Morgan fingerprint density at radius 2 is 2.43 bits per heavy atom. The molecule has 0 saturated heterocycles. The Balaban J connectivity index is 2.45. The molecule has 0 aliphatic heterocycles. The summed E-state index contributed by atoms with van der Waals surface area (Å²) >= 11 is 5.87. The molecule has 0 aromatic carbocycles. The average Bonchev–Trinajstić information content (AvgIpc) is 2.16. The van der Waals surface area contributed by atoms with Crippen LogP contribution in [-0.2, 0) is 12.8 Å². The first-order chi connectivity index (χ1) is 6.70. The summed E-state index contributed by atoms with van der Waals surface area (Å²) in [5.41, 5.74) is 2.77. The van der Waals surface area contributed by atoms with E-state index < -0.39 is 0 Å². The topological polar surface area (TPSA) is 30.0 Å². The molecule has 0 saturated carbocycles. The number of carbonyl (C=O) groups is 1. The second-order valence-corrected chi connectivity index (χ2v) is 4.30. The number of fused-ring (bicyclic) bond motifs is 1. The van der Waals surface area contributed by atoms with Crippen LogP contribution in [0, 0.1) is 5.92 Å². The molecule has 0 amide bonds. The molecule has 74 valence electrons. The number of aryl methyl sites for hydroxylation is 1. The number of hydrogen-bond acceptors (Lipinski definition) is 2. The van der Waals surface area contributed by atoms with Crippen LogP contribution in [0.4, 0.5) is 0 Å². The zero-order valence-corrected chi connectivity index (χ0v) is 8.84. The fraction of sp³-hybridized carbons (Fsp3) is 0.455. The van der Waals surface area contributed by atoms with Crippen LogP contribution in [0.3, 0.4) is 0 Å². The number of carbonyl (C=O) groups excluding carboxylic acids is 1.